The molecule has 0 saturated carbocycles. The third kappa shape index (κ3) is 3.28. The van der Waals surface area contributed by atoms with Crippen LogP contribution in [-0.4, -0.2) is 17.2 Å². The second-order valence-corrected chi connectivity index (χ2v) is 4.44. The highest BCUT2D eigenvalue weighted by atomic mass is 35.5. The first-order valence-electron chi connectivity index (χ1n) is 5.70. The van der Waals surface area contributed by atoms with E-state index in [-0.39, 0.29) is 22.8 Å². The van der Waals surface area contributed by atoms with Crippen LogP contribution in [0.25, 0.3) is 0 Å². The van der Waals surface area contributed by atoms with Gasteiger partial charge in [0.05, 0.1) is 5.02 Å². The van der Waals surface area contributed by atoms with Crippen LogP contribution >= 0.6 is 11.6 Å². The van der Waals surface area contributed by atoms with E-state index in [1.807, 2.05) is 0 Å². The van der Waals surface area contributed by atoms with Crippen LogP contribution in [-0.2, 0) is 6.61 Å². The first kappa shape index (κ1) is 14.8. The molecule has 7 heteroatoms. The fraction of sp³-hybridized carbons (Fsp3) is 0.0769. The highest BCUT2D eigenvalue weighted by Gasteiger charge is 2.18. The van der Waals surface area contributed by atoms with Crippen LogP contribution in [0, 0.1) is 11.6 Å². The summed E-state index contributed by atoms with van der Waals surface area (Å²) in [6.45, 7) is -0.0814. The van der Waals surface area contributed by atoms with E-state index in [9.17, 15) is 8.78 Å². The van der Waals surface area contributed by atoms with Crippen LogP contribution in [0.15, 0.2) is 36.4 Å². The molecule has 3 nitrogen and oxygen atoms in total. The van der Waals surface area contributed by atoms with Crippen molar-refractivity contribution in [3.8, 4) is 5.75 Å². The van der Waals surface area contributed by atoms with Gasteiger partial charge < -0.3 is 14.8 Å². The predicted molar refractivity (Wildman–Crippen MR) is 72.0 cm³/mol. The maximum absolute atomic E-state index is 13.2. The van der Waals surface area contributed by atoms with Crippen molar-refractivity contribution in [1.29, 1.82) is 0 Å². The van der Waals surface area contributed by atoms with Crippen LogP contribution < -0.4 is 10.2 Å². The summed E-state index contributed by atoms with van der Waals surface area (Å²) in [4.78, 5) is 0. The van der Waals surface area contributed by atoms with E-state index >= 15 is 0 Å². The Bertz CT molecular complexity index is 623. The summed E-state index contributed by atoms with van der Waals surface area (Å²) >= 11 is 5.77. The molecule has 20 heavy (non-hydrogen) atoms. The predicted octanol–water partition coefficient (Wildman–Crippen LogP) is 1.88. The lowest BCUT2D eigenvalue weighted by atomic mass is 9.79. The van der Waals surface area contributed by atoms with Crippen molar-refractivity contribution in [2.45, 2.75) is 6.61 Å². The Morgan fingerprint density at radius 1 is 1.15 bits per heavy atom. The first-order valence-corrected chi connectivity index (χ1v) is 6.08. The van der Waals surface area contributed by atoms with E-state index in [1.165, 1.54) is 18.2 Å². The number of hydrogen-bond acceptors (Lipinski definition) is 3. The largest absolute Gasteiger partial charge is 0.492 e. The molecule has 0 unspecified atom stereocenters. The molecule has 0 heterocycles. The van der Waals surface area contributed by atoms with Crippen molar-refractivity contribution >= 4 is 24.2 Å². The second kappa shape index (κ2) is 6.22. The Hall–Kier alpha value is -1.63. The highest BCUT2D eigenvalue weighted by Crippen LogP contribution is 2.21. The van der Waals surface area contributed by atoms with E-state index in [0.29, 0.717) is 5.56 Å². The maximum Gasteiger partial charge on any atom is 0.492 e. The third-order valence-corrected chi connectivity index (χ3v) is 3.09. The zero-order valence-corrected chi connectivity index (χ0v) is 10.9. The molecular weight excluding hydrogens is 288 g/mol. The van der Waals surface area contributed by atoms with Crippen molar-refractivity contribution in [3.05, 3.63) is 58.6 Å². The minimum atomic E-state index is -1.87. The number of ether oxygens (including phenoxy) is 1. The average molecular weight is 298 g/mol. The molecule has 2 aromatic rings. The number of rotatable bonds is 4. The van der Waals surface area contributed by atoms with Gasteiger partial charge in [-0.25, -0.2) is 8.78 Å². The standard InChI is InChI=1S/C13H10BClF2O3/c15-13-8(2-1-3-11(13)17)7-20-12-5-4-9(16)6-10(12)14(18)19/h1-6,18-19H,7H2. The van der Waals surface area contributed by atoms with Gasteiger partial charge in [0, 0.05) is 11.0 Å². The van der Waals surface area contributed by atoms with Crippen molar-refractivity contribution in [3.63, 3.8) is 0 Å². The molecular formula is C13H10BClF2O3. The molecule has 0 aliphatic heterocycles. The van der Waals surface area contributed by atoms with Crippen LogP contribution in [0.3, 0.4) is 0 Å². The number of hydrogen-bond donors (Lipinski definition) is 2. The second-order valence-electron chi connectivity index (χ2n) is 4.06. The van der Waals surface area contributed by atoms with Gasteiger partial charge in [0.2, 0.25) is 0 Å². The summed E-state index contributed by atoms with van der Waals surface area (Å²) in [7, 11) is -1.87. The molecule has 0 bridgehead atoms. The average Bonchev–Trinajstić information content (AvgIpc) is 2.41. The molecule has 0 saturated heterocycles. The van der Waals surface area contributed by atoms with Crippen LogP contribution in [0.4, 0.5) is 8.78 Å². The molecule has 0 atom stereocenters. The van der Waals surface area contributed by atoms with E-state index in [4.69, 9.17) is 26.4 Å². The lowest BCUT2D eigenvalue weighted by molar-refractivity contribution is 0.305. The SMILES string of the molecule is OB(O)c1cc(F)ccc1OCc1cccc(F)c1Cl. The normalized spacial score (nSPS) is 10.4. The zero-order chi connectivity index (χ0) is 14.7. The molecule has 2 rings (SSSR count). The Balaban J connectivity index is 2.21. The minimum absolute atomic E-state index is 0.0688. The van der Waals surface area contributed by atoms with Crippen molar-refractivity contribution < 1.29 is 23.6 Å². The first-order chi connectivity index (χ1) is 9.49. The van der Waals surface area contributed by atoms with Gasteiger partial charge in [0.1, 0.15) is 24.0 Å². The summed E-state index contributed by atoms with van der Waals surface area (Å²) in [6, 6.07) is 7.60. The molecule has 0 radical (unpaired) electrons. The Morgan fingerprint density at radius 2 is 1.90 bits per heavy atom. The van der Waals surface area contributed by atoms with Gasteiger partial charge in [-0.3, -0.25) is 0 Å². The van der Waals surface area contributed by atoms with Crippen LogP contribution in [0.2, 0.25) is 5.02 Å². The van der Waals surface area contributed by atoms with Gasteiger partial charge in [-0.05, 0) is 24.3 Å². The maximum atomic E-state index is 13.2. The van der Waals surface area contributed by atoms with Gasteiger partial charge in [-0.15, -0.1) is 0 Å². The molecule has 0 fully saturated rings. The highest BCUT2D eigenvalue weighted by molar-refractivity contribution is 6.59. The van der Waals surface area contributed by atoms with Gasteiger partial charge in [-0.2, -0.15) is 0 Å². The van der Waals surface area contributed by atoms with Crippen LogP contribution in [0.5, 0.6) is 5.75 Å². The van der Waals surface area contributed by atoms with Gasteiger partial charge in [0.25, 0.3) is 0 Å². The zero-order valence-electron chi connectivity index (χ0n) is 10.2. The molecule has 0 spiro atoms. The van der Waals surface area contributed by atoms with Crippen molar-refractivity contribution in [2.75, 3.05) is 0 Å². The molecule has 0 aliphatic rings. The van der Waals surface area contributed by atoms with E-state index in [0.717, 1.165) is 12.1 Å². The number of halogens is 3. The smallest absolute Gasteiger partial charge is 0.489 e. The van der Waals surface area contributed by atoms with Gasteiger partial charge >= 0.3 is 7.12 Å². The minimum Gasteiger partial charge on any atom is -0.489 e. The lowest BCUT2D eigenvalue weighted by Crippen LogP contribution is -2.31. The molecule has 104 valence electrons. The molecule has 0 amide bonds. The van der Waals surface area contributed by atoms with E-state index in [1.54, 1.807) is 6.07 Å². The summed E-state index contributed by atoms with van der Waals surface area (Å²) in [6.07, 6.45) is 0. The fourth-order valence-electron chi connectivity index (χ4n) is 1.67. The Morgan fingerprint density at radius 3 is 2.60 bits per heavy atom. The molecule has 0 aromatic heterocycles. The fourth-order valence-corrected chi connectivity index (χ4v) is 1.85. The summed E-state index contributed by atoms with van der Waals surface area (Å²) in [5.41, 5.74) is 0.284. The van der Waals surface area contributed by atoms with Gasteiger partial charge in [0.15, 0.2) is 0 Å². The lowest BCUT2D eigenvalue weighted by Gasteiger charge is -2.12. The van der Waals surface area contributed by atoms with E-state index < -0.39 is 18.8 Å². The Kier molecular flexibility index (Phi) is 4.59. The summed E-state index contributed by atoms with van der Waals surface area (Å²) in [5, 5.41) is 18.2. The summed E-state index contributed by atoms with van der Waals surface area (Å²) < 4.78 is 31.6. The van der Waals surface area contributed by atoms with Gasteiger partial charge in [-0.1, -0.05) is 23.7 Å². The Labute approximate surface area is 119 Å². The molecule has 2 N–H and O–H groups in total. The van der Waals surface area contributed by atoms with E-state index in [2.05, 4.69) is 0 Å². The molecule has 2 aromatic carbocycles. The van der Waals surface area contributed by atoms with Crippen LogP contribution in [0.1, 0.15) is 5.56 Å². The van der Waals surface area contributed by atoms with Crippen molar-refractivity contribution in [1.82, 2.24) is 0 Å². The molecule has 0 aliphatic carbocycles. The van der Waals surface area contributed by atoms with Crippen molar-refractivity contribution in [2.24, 2.45) is 0 Å². The topological polar surface area (TPSA) is 49.7 Å². The third-order valence-electron chi connectivity index (χ3n) is 2.66. The summed E-state index contributed by atoms with van der Waals surface area (Å²) in [5.74, 6) is -1.11. The quantitative estimate of drug-likeness (QED) is 0.847. The monoisotopic (exact) mass is 298 g/mol. The number of benzene rings is 2.